The summed E-state index contributed by atoms with van der Waals surface area (Å²) in [5, 5.41) is 15.3. The fourth-order valence-corrected chi connectivity index (χ4v) is 3.22. The number of aromatic nitrogens is 3. The van der Waals surface area contributed by atoms with Crippen LogP contribution in [0.1, 0.15) is 39.3 Å². The monoisotopic (exact) mass is 473 g/mol. The van der Waals surface area contributed by atoms with E-state index < -0.39 is 5.60 Å². The van der Waals surface area contributed by atoms with Crippen molar-refractivity contribution in [1.82, 2.24) is 19.9 Å². The molecule has 1 aliphatic rings. The Morgan fingerprint density at radius 1 is 1.27 bits per heavy atom. The van der Waals surface area contributed by atoms with Crippen LogP contribution < -0.4 is 10.6 Å². The van der Waals surface area contributed by atoms with Gasteiger partial charge in [-0.15, -0.1) is 0 Å². The predicted octanol–water partition coefficient (Wildman–Crippen LogP) is 4.06. The minimum absolute atomic E-state index is 0.180. The molecule has 0 aliphatic carbocycles. The van der Waals surface area contributed by atoms with Crippen molar-refractivity contribution in [2.75, 3.05) is 23.7 Å². The van der Waals surface area contributed by atoms with Crippen LogP contribution in [0, 0.1) is 11.3 Å². The van der Waals surface area contributed by atoms with E-state index in [1.807, 2.05) is 26.8 Å². The van der Waals surface area contributed by atoms with Gasteiger partial charge in [0.2, 0.25) is 5.95 Å². The summed E-state index contributed by atoms with van der Waals surface area (Å²) >= 11 is 3.48. The number of ether oxygens (including phenoxy) is 1. The van der Waals surface area contributed by atoms with E-state index in [0.29, 0.717) is 36.2 Å². The Morgan fingerprint density at radius 2 is 2.00 bits per heavy atom. The molecule has 1 fully saturated rings. The number of hydrogen-bond donors (Lipinski definition) is 2. The molecule has 1 saturated heterocycles. The Bertz CT molecular complexity index is 930. The largest absolute Gasteiger partial charge is 0.444 e. The van der Waals surface area contributed by atoms with Crippen LogP contribution in [-0.2, 0) is 4.74 Å². The van der Waals surface area contributed by atoms with Crippen LogP contribution in [0.3, 0.4) is 0 Å². The summed E-state index contributed by atoms with van der Waals surface area (Å²) in [6.07, 6.45) is 4.54. The van der Waals surface area contributed by atoms with Gasteiger partial charge in [0, 0.05) is 25.3 Å². The zero-order valence-electron chi connectivity index (χ0n) is 17.1. The highest BCUT2D eigenvalue weighted by atomic mass is 79.9. The molecule has 0 atom stereocenters. The van der Waals surface area contributed by atoms with E-state index in [1.54, 1.807) is 29.4 Å². The molecule has 0 unspecified atom stereocenters. The predicted molar refractivity (Wildman–Crippen MR) is 116 cm³/mol. The molecule has 2 aromatic heterocycles. The lowest BCUT2D eigenvalue weighted by molar-refractivity contribution is 0.0210. The Morgan fingerprint density at radius 3 is 2.60 bits per heavy atom. The Kier molecular flexibility index (Phi) is 6.72. The van der Waals surface area contributed by atoms with Crippen LogP contribution in [0.5, 0.6) is 0 Å². The molecule has 10 heteroatoms. The molecule has 9 nitrogen and oxygen atoms in total. The minimum Gasteiger partial charge on any atom is -0.444 e. The van der Waals surface area contributed by atoms with Crippen LogP contribution in [0.15, 0.2) is 29.0 Å². The molecule has 3 heterocycles. The molecule has 0 bridgehead atoms. The number of rotatable bonds is 4. The van der Waals surface area contributed by atoms with Crippen LogP contribution in [-0.4, -0.2) is 50.7 Å². The van der Waals surface area contributed by atoms with Crippen LogP contribution in [0.2, 0.25) is 0 Å². The molecule has 0 saturated carbocycles. The van der Waals surface area contributed by atoms with Crippen molar-refractivity contribution in [2.24, 2.45) is 0 Å². The number of nitrogens with zero attached hydrogens (tertiary/aromatic N) is 5. The quantitative estimate of drug-likeness (QED) is 0.682. The van der Waals surface area contributed by atoms with Gasteiger partial charge in [-0.05, 0) is 61.7 Å². The summed E-state index contributed by atoms with van der Waals surface area (Å²) in [7, 11) is 0. The molecule has 1 aliphatic heterocycles. The number of hydrogen-bond acceptors (Lipinski definition) is 8. The Labute approximate surface area is 184 Å². The highest BCUT2D eigenvalue weighted by Crippen LogP contribution is 2.25. The molecule has 2 aromatic rings. The van der Waals surface area contributed by atoms with Crippen molar-refractivity contribution < 1.29 is 9.53 Å². The van der Waals surface area contributed by atoms with Crippen LogP contribution in [0.4, 0.5) is 22.2 Å². The fourth-order valence-electron chi connectivity index (χ4n) is 2.92. The van der Waals surface area contributed by atoms with Crippen molar-refractivity contribution in [3.63, 3.8) is 0 Å². The van der Waals surface area contributed by atoms with Crippen molar-refractivity contribution in [3.8, 4) is 6.07 Å². The Balaban J connectivity index is 1.58. The Hall–Kier alpha value is -2.93. The number of nitriles is 1. The molecular weight excluding hydrogens is 450 g/mol. The van der Waals surface area contributed by atoms with Crippen molar-refractivity contribution in [3.05, 3.63) is 34.7 Å². The smallest absolute Gasteiger partial charge is 0.410 e. The standard InChI is InChI=1S/C20H24BrN7O2/c1-20(2,3)30-19(29)28-8-6-13(7-9-28)25-17-16(21)12-24-18(27-17)26-15-5-4-14(10-22)23-11-15/h4-5,11-13H,6-9H2,1-3H3,(H2,24,25,26,27). The second kappa shape index (κ2) is 9.26. The first kappa shape index (κ1) is 21.8. The number of anilines is 3. The van der Waals surface area contributed by atoms with Gasteiger partial charge >= 0.3 is 6.09 Å². The van der Waals surface area contributed by atoms with Gasteiger partial charge < -0.3 is 20.3 Å². The number of carbonyl (C=O) groups is 1. The van der Waals surface area contributed by atoms with Gasteiger partial charge in [-0.1, -0.05) is 0 Å². The normalized spacial score (nSPS) is 14.7. The third kappa shape index (κ3) is 6.03. The van der Waals surface area contributed by atoms with Gasteiger partial charge in [0.05, 0.1) is 16.4 Å². The van der Waals surface area contributed by atoms with Crippen molar-refractivity contribution in [1.29, 1.82) is 5.26 Å². The molecule has 158 valence electrons. The zero-order valence-corrected chi connectivity index (χ0v) is 18.7. The van der Waals surface area contributed by atoms with Gasteiger partial charge in [0.25, 0.3) is 0 Å². The summed E-state index contributed by atoms with van der Waals surface area (Å²) in [5.41, 5.74) is 0.538. The highest BCUT2D eigenvalue weighted by molar-refractivity contribution is 9.10. The molecule has 1 amide bonds. The molecule has 0 spiro atoms. The lowest BCUT2D eigenvalue weighted by Gasteiger charge is -2.34. The van der Waals surface area contributed by atoms with E-state index in [-0.39, 0.29) is 12.1 Å². The van der Waals surface area contributed by atoms with E-state index in [2.05, 4.69) is 41.5 Å². The summed E-state index contributed by atoms with van der Waals surface area (Å²) in [4.78, 5) is 26.8. The van der Waals surface area contributed by atoms with Crippen LogP contribution in [0.25, 0.3) is 0 Å². The maximum atomic E-state index is 12.2. The summed E-state index contributed by atoms with van der Waals surface area (Å²) in [5.74, 6) is 1.09. The number of nitrogens with one attached hydrogen (secondary N) is 2. The van der Waals surface area contributed by atoms with E-state index in [9.17, 15) is 4.79 Å². The van der Waals surface area contributed by atoms with Crippen molar-refractivity contribution >= 4 is 39.5 Å². The summed E-state index contributed by atoms with van der Waals surface area (Å²) < 4.78 is 6.19. The number of amides is 1. The molecule has 30 heavy (non-hydrogen) atoms. The fraction of sp³-hybridized carbons (Fsp3) is 0.450. The van der Waals surface area contributed by atoms with Crippen molar-refractivity contribution in [2.45, 2.75) is 45.3 Å². The first-order valence-corrected chi connectivity index (χ1v) is 10.4. The number of pyridine rings is 1. The SMILES string of the molecule is CC(C)(C)OC(=O)N1CCC(Nc2nc(Nc3ccc(C#N)nc3)ncc2Br)CC1. The zero-order chi connectivity index (χ0) is 21.7. The number of carbonyl (C=O) groups excluding carboxylic acids is 1. The average Bonchev–Trinajstić information content (AvgIpc) is 2.70. The second-order valence-corrected chi connectivity index (χ2v) is 8.80. The molecule has 2 N–H and O–H groups in total. The van der Waals surface area contributed by atoms with Gasteiger partial charge in [-0.25, -0.2) is 14.8 Å². The molecular formula is C20H24BrN7O2. The van der Waals surface area contributed by atoms with E-state index in [0.717, 1.165) is 17.3 Å². The molecule has 0 aromatic carbocycles. The second-order valence-electron chi connectivity index (χ2n) is 7.95. The molecule has 3 rings (SSSR count). The highest BCUT2D eigenvalue weighted by Gasteiger charge is 2.27. The maximum absolute atomic E-state index is 12.2. The van der Waals surface area contributed by atoms with E-state index in [4.69, 9.17) is 10.00 Å². The lowest BCUT2D eigenvalue weighted by Crippen LogP contribution is -2.44. The maximum Gasteiger partial charge on any atom is 0.410 e. The topological polar surface area (TPSA) is 116 Å². The first-order chi connectivity index (χ1) is 14.2. The summed E-state index contributed by atoms with van der Waals surface area (Å²) in [6, 6.07) is 5.53. The lowest BCUT2D eigenvalue weighted by atomic mass is 10.1. The number of likely N-dealkylation sites (tertiary alicyclic amines) is 1. The van der Waals surface area contributed by atoms with Gasteiger partial charge in [-0.3, -0.25) is 0 Å². The number of piperidine rings is 1. The van der Waals surface area contributed by atoms with E-state index in [1.165, 1.54) is 0 Å². The van der Waals surface area contributed by atoms with Gasteiger partial charge in [0.1, 0.15) is 23.2 Å². The third-order valence-electron chi connectivity index (χ3n) is 4.37. The average molecular weight is 474 g/mol. The third-order valence-corrected chi connectivity index (χ3v) is 4.95. The van der Waals surface area contributed by atoms with Gasteiger partial charge in [0.15, 0.2) is 0 Å². The van der Waals surface area contributed by atoms with Crippen LogP contribution >= 0.6 is 15.9 Å². The number of halogens is 1. The minimum atomic E-state index is -0.494. The van der Waals surface area contributed by atoms with Gasteiger partial charge in [-0.2, -0.15) is 10.2 Å². The van der Waals surface area contributed by atoms with E-state index >= 15 is 0 Å². The molecule has 0 radical (unpaired) electrons. The first-order valence-electron chi connectivity index (χ1n) is 9.64. The summed E-state index contributed by atoms with van der Waals surface area (Å²) in [6.45, 7) is 6.84.